The Bertz CT molecular complexity index is 1820. The monoisotopic (exact) mass is 636 g/mol. The molecule has 0 fully saturated rings. The summed E-state index contributed by atoms with van der Waals surface area (Å²) >= 11 is 0. The Hall–Kier alpha value is -4.20. The van der Waals surface area contributed by atoms with Crippen LogP contribution in [0.3, 0.4) is 0 Å². The van der Waals surface area contributed by atoms with Gasteiger partial charge in [0.05, 0.1) is 38.4 Å². The minimum Gasteiger partial charge on any atom is -0.488 e. The predicted molar refractivity (Wildman–Crippen MR) is 170 cm³/mol. The van der Waals surface area contributed by atoms with Crippen LogP contribution in [0.4, 0.5) is 5.69 Å². The van der Waals surface area contributed by atoms with Crippen LogP contribution in [0.2, 0.25) is 0 Å². The first kappa shape index (κ1) is 32.2. The lowest BCUT2D eigenvalue weighted by atomic mass is 10.0. The number of para-hydroxylation sites is 1. The Balaban J connectivity index is 1.41. The highest BCUT2D eigenvalue weighted by Gasteiger charge is 2.34. The van der Waals surface area contributed by atoms with Crippen LogP contribution in [0.5, 0.6) is 5.75 Å². The molecule has 1 aliphatic heterocycles. The van der Waals surface area contributed by atoms with E-state index in [0.717, 1.165) is 16.5 Å². The van der Waals surface area contributed by atoms with E-state index in [0.29, 0.717) is 17.0 Å². The fourth-order valence-electron chi connectivity index (χ4n) is 5.70. The van der Waals surface area contributed by atoms with Crippen molar-refractivity contribution in [3.8, 4) is 5.75 Å². The lowest BCUT2D eigenvalue weighted by molar-refractivity contribution is -0.134. The van der Waals surface area contributed by atoms with Crippen molar-refractivity contribution in [2.45, 2.75) is 43.9 Å². The van der Waals surface area contributed by atoms with Crippen LogP contribution in [0.15, 0.2) is 66.2 Å². The zero-order valence-electron chi connectivity index (χ0n) is 26.2. The maximum absolute atomic E-state index is 13.6. The molecule has 0 bridgehead atoms. The summed E-state index contributed by atoms with van der Waals surface area (Å²) in [6.45, 7) is 3.68. The van der Waals surface area contributed by atoms with Gasteiger partial charge in [0.15, 0.2) is 5.03 Å². The summed E-state index contributed by atoms with van der Waals surface area (Å²) in [7, 11) is 1.21. The average Bonchev–Trinajstić information content (AvgIpc) is 3.59. The molecule has 45 heavy (non-hydrogen) atoms. The summed E-state index contributed by atoms with van der Waals surface area (Å²) in [6.07, 6.45) is 4.32. The summed E-state index contributed by atoms with van der Waals surface area (Å²) in [5, 5.41) is 13.8. The van der Waals surface area contributed by atoms with Crippen LogP contribution in [0.25, 0.3) is 10.9 Å². The van der Waals surface area contributed by atoms with Crippen molar-refractivity contribution in [3.63, 3.8) is 0 Å². The molecule has 1 aliphatic rings. The second-order valence-corrected chi connectivity index (χ2v) is 13.9. The van der Waals surface area contributed by atoms with Crippen LogP contribution >= 0.6 is 0 Å². The normalized spacial score (nSPS) is 18.2. The van der Waals surface area contributed by atoms with Crippen molar-refractivity contribution in [3.05, 3.63) is 72.3 Å². The number of anilines is 1. The Morgan fingerprint density at radius 3 is 2.67 bits per heavy atom. The van der Waals surface area contributed by atoms with Crippen LogP contribution < -0.4 is 10.1 Å². The molecule has 0 unspecified atom stereocenters. The SMILES string of the molecule is C[C@H]1CN([C@@H](C)CO)C(=O)Cc2cc(NC(=O)Cc3cn(C)c4ccccc34)ccc2O[C@@H]1CN(C)S(=O)(=O)c1cn(C)cn1. The Morgan fingerprint density at radius 2 is 1.96 bits per heavy atom. The lowest BCUT2D eigenvalue weighted by Crippen LogP contribution is -2.48. The number of hydrogen-bond acceptors (Lipinski definition) is 7. The molecule has 2 aromatic heterocycles. The number of imidazole rings is 1. The van der Waals surface area contributed by atoms with Gasteiger partial charge < -0.3 is 29.2 Å². The number of sulfonamides is 1. The molecule has 3 heterocycles. The number of fused-ring (bicyclic) bond motifs is 2. The molecule has 2 N–H and O–H groups in total. The molecule has 0 spiro atoms. The van der Waals surface area contributed by atoms with Gasteiger partial charge in [-0.3, -0.25) is 9.59 Å². The smallest absolute Gasteiger partial charge is 0.261 e. The number of carbonyl (C=O) groups is 2. The summed E-state index contributed by atoms with van der Waals surface area (Å²) in [4.78, 5) is 32.3. The maximum Gasteiger partial charge on any atom is 0.261 e. The van der Waals surface area contributed by atoms with Gasteiger partial charge in [0.2, 0.25) is 11.8 Å². The number of nitrogens with zero attached hydrogens (tertiary/aromatic N) is 5. The van der Waals surface area contributed by atoms with Crippen molar-refractivity contribution < 1.29 is 27.9 Å². The van der Waals surface area contributed by atoms with E-state index in [2.05, 4.69) is 10.3 Å². The third-order valence-electron chi connectivity index (χ3n) is 8.32. The number of aliphatic hydroxyl groups excluding tert-OH is 1. The van der Waals surface area contributed by atoms with Gasteiger partial charge in [-0.25, -0.2) is 13.4 Å². The molecule has 12 nitrogen and oxygen atoms in total. The second kappa shape index (κ2) is 13.0. The molecular formula is C32H40N6O6S. The van der Waals surface area contributed by atoms with E-state index in [1.54, 1.807) is 41.6 Å². The Labute approximate surface area is 263 Å². The number of aryl methyl sites for hydroxylation is 2. The number of rotatable bonds is 9. The van der Waals surface area contributed by atoms with Gasteiger partial charge in [0, 0.05) is 68.2 Å². The molecule has 2 aromatic carbocycles. The molecular weight excluding hydrogens is 596 g/mol. The first-order valence-corrected chi connectivity index (χ1v) is 16.3. The van der Waals surface area contributed by atoms with Crippen LogP contribution in [-0.4, -0.2) is 87.6 Å². The Kier molecular flexibility index (Phi) is 9.33. The average molecular weight is 637 g/mol. The topological polar surface area (TPSA) is 139 Å². The largest absolute Gasteiger partial charge is 0.488 e. The number of likely N-dealkylation sites (N-methyl/N-ethyl adjacent to an activating group) is 1. The molecule has 0 aliphatic carbocycles. The molecule has 0 radical (unpaired) electrons. The van der Waals surface area contributed by atoms with Crippen LogP contribution in [-0.2, 0) is 46.5 Å². The molecule has 4 aromatic rings. The van der Waals surface area contributed by atoms with E-state index >= 15 is 0 Å². The third-order valence-corrected chi connectivity index (χ3v) is 10.0. The summed E-state index contributed by atoms with van der Waals surface area (Å²) < 4.78 is 37.8. The van der Waals surface area contributed by atoms with Crippen molar-refractivity contribution in [2.75, 3.05) is 32.1 Å². The van der Waals surface area contributed by atoms with Crippen molar-refractivity contribution in [1.29, 1.82) is 0 Å². The van der Waals surface area contributed by atoms with Gasteiger partial charge in [-0.05, 0) is 36.8 Å². The fourth-order valence-corrected chi connectivity index (χ4v) is 6.85. The summed E-state index contributed by atoms with van der Waals surface area (Å²) in [5.41, 5.74) is 3.00. The number of aliphatic hydroxyl groups is 1. The minimum atomic E-state index is -3.90. The van der Waals surface area contributed by atoms with Gasteiger partial charge in [-0.15, -0.1) is 0 Å². The number of ether oxygens (including phenoxy) is 1. The van der Waals surface area contributed by atoms with E-state index in [1.807, 2.05) is 49.0 Å². The van der Waals surface area contributed by atoms with Gasteiger partial charge in [0.25, 0.3) is 10.0 Å². The number of amides is 2. The Morgan fingerprint density at radius 1 is 1.20 bits per heavy atom. The number of hydrogen-bond donors (Lipinski definition) is 2. The minimum absolute atomic E-state index is 0.00142. The highest BCUT2D eigenvalue weighted by Crippen LogP contribution is 2.30. The first-order chi connectivity index (χ1) is 21.4. The third kappa shape index (κ3) is 6.90. The standard InChI is InChI=1S/C32H40N6O6S/c1-21-15-38(22(2)19-39)32(41)14-23-12-25(34-30(40)13-24-16-36(4)27-9-7-6-8-26(24)27)10-11-28(23)44-29(21)17-37(5)45(42,43)31-18-35(3)20-33-31/h6-12,16,18,20-22,29,39H,13-15,17,19H2,1-5H3,(H,34,40)/t21-,22-,29+/m0/s1. The molecule has 240 valence electrons. The molecule has 13 heteroatoms. The van der Waals surface area contributed by atoms with Crippen LogP contribution in [0, 0.1) is 5.92 Å². The van der Waals surface area contributed by atoms with E-state index in [1.165, 1.54) is 23.9 Å². The highest BCUT2D eigenvalue weighted by molar-refractivity contribution is 7.89. The zero-order chi connectivity index (χ0) is 32.5. The quantitative estimate of drug-likeness (QED) is 0.288. The van der Waals surface area contributed by atoms with Gasteiger partial charge in [0.1, 0.15) is 11.9 Å². The second-order valence-electron chi connectivity index (χ2n) is 11.9. The van der Waals surface area contributed by atoms with Crippen LogP contribution in [0.1, 0.15) is 25.0 Å². The first-order valence-electron chi connectivity index (χ1n) is 14.8. The molecule has 3 atom stereocenters. The summed E-state index contributed by atoms with van der Waals surface area (Å²) in [5.74, 6) is -0.280. The number of nitrogens with one attached hydrogen (secondary N) is 1. The zero-order valence-corrected chi connectivity index (χ0v) is 27.0. The predicted octanol–water partition coefficient (Wildman–Crippen LogP) is 2.56. The van der Waals surface area contributed by atoms with E-state index < -0.39 is 22.2 Å². The number of benzene rings is 2. The van der Waals surface area contributed by atoms with Crippen molar-refractivity contribution in [1.82, 2.24) is 23.3 Å². The van der Waals surface area contributed by atoms with Gasteiger partial charge in [-0.1, -0.05) is 25.1 Å². The maximum atomic E-state index is 13.6. The van der Waals surface area contributed by atoms with E-state index in [-0.39, 0.29) is 55.3 Å². The number of carbonyl (C=O) groups excluding carboxylic acids is 2. The fraction of sp³-hybridized carbons (Fsp3) is 0.406. The molecule has 0 saturated heterocycles. The van der Waals surface area contributed by atoms with E-state index in [9.17, 15) is 23.1 Å². The molecule has 5 rings (SSSR count). The van der Waals surface area contributed by atoms with Gasteiger partial charge in [-0.2, -0.15) is 4.31 Å². The molecule has 0 saturated carbocycles. The lowest BCUT2D eigenvalue weighted by Gasteiger charge is -2.33. The number of aromatic nitrogens is 3. The highest BCUT2D eigenvalue weighted by atomic mass is 32.2. The van der Waals surface area contributed by atoms with E-state index in [4.69, 9.17) is 4.74 Å². The van der Waals surface area contributed by atoms with Crippen molar-refractivity contribution >= 4 is 38.4 Å². The molecule has 2 amide bonds. The van der Waals surface area contributed by atoms with Crippen molar-refractivity contribution in [2.24, 2.45) is 20.0 Å². The summed E-state index contributed by atoms with van der Waals surface area (Å²) in [6, 6.07) is 12.6. The van der Waals surface area contributed by atoms with Gasteiger partial charge >= 0.3 is 0 Å².